The molecule has 0 spiro atoms. The van der Waals surface area contributed by atoms with Gasteiger partial charge in [-0.2, -0.15) is 0 Å². The highest BCUT2D eigenvalue weighted by Gasteiger charge is 2.33. The third kappa shape index (κ3) is 3.24. The number of β-amino-alcohol motifs (C(OH)–C–C–N with tert-alkyl or cyclic N) is 1. The molecule has 1 aromatic heterocycles. The third-order valence-electron chi connectivity index (χ3n) is 5.14. The molecule has 128 valence electrons. The van der Waals surface area contributed by atoms with Crippen LogP contribution in [0.3, 0.4) is 0 Å². The van der Waals surface area contributed by atoms with Crippen LogP contribution in [0.2, 0.25) is 0 Å². The summed E-state index contributed by atoms with van der Waals surface area (Å²) >= 11 is 0. The molecule has 0 amide bonds. The molecule has 2 aromatic rings. The number of hydrogen-bond acceptors (Lipinski definition) is 5. The maximum absolute atomic E-state index is 10.6. The van der Waals surface area contributed by atoms with E-state index in [4.69, 9.17) is 9.47 Å². The molecular formula is C19H24N2O3. The van der Waals surface area contributed by atoms with Crippen molar-refractivity contribution in [2.45, 2.75) is 37.5 Å². The van der Waals surface area contributed by atoms with E-state index in [0.717, 1.165) is 55.7 Å². The largest absolute Gasteiger partial charge is 0.487 e. The van der Waals surface area contributed by atoms with Gasteiger partial charge in [0, 0.05) is 43.9 Å². The lowest BCUT2D eigenvalue weighted by atomic mass is 9.99. The molecular weight excluding hydrogens is 304 g/mol. The number of aromatic nitrogens is 1. The summed E-state index contributed by atoms with van der Waals surface area (Å²) in [4.78, 5) is 6.77. The second-order valence-corrected chi connectivity index (χ2v) is 6.68. The average molecular weight is 328 g/mol. The van der Waals surface area contributed by atoms with Gasteiger partial charge in [-0.1, -0.05) is 6.07 Å². The topological polar surface area (TPSA) is 54.8 Å². The number of fused-ring (bicyclic) bond motifs is 1. The number of aliphatic hydroxyl groups excluding tert-OH is 1. The Morgan fingerprint density at radius 2 is 2.00 bits per heavy atom. The number of nitrogens with zero attached hydrogens (tertiary/aromatic N) is 2. The average Bonchev–Trinajstić information content (AvgIpc) is 2.64. The second kappa shape index (κ2) is 7.05. The van der Waals surface area contributed by atoms with E-state index < -0.39 is 6.10 Å². The first-order valence-corrected chi connectivity index (χ1v) is 8.81. The molecule has 0 radical (unpaired) electrons. The van der Waals surface area contributed by atoms with Crippen LogP contribution in [0.4, 0.5) is 0 Å². The lowest BCUT2D eigenvalue weighted by Gasteiger charge is -2.41. The molecule has 5 nitrogen and oxygen atoms in total. The number of ether oxygens (including phenoxy) is 2. The molecule has 0 saturated carbocycles. The van der Waals surface area contributed by atoms with Crippen molar-refractivity contribution >= 4 is 10.9 Å². The molecule has 0 bridgehead atoms. The molecule has 1 N–H and O–H groups in total. The van der Waals surface area contributed by atoms with Gasteiger partial charge in [-0.05, 0) is 43.5 Å². The van der Waals surface area contributed by atoms with Gasteiger partial charge in [0.05, 0.1) is 5.52 Å². The van der Waals surface area contributed by atoms with Crippen molar-refractivity contribution in [1.82, 2.24) is 9.88 Å². The minimum Gasteiger partial charge on any atom is -0.487 e. The van der Waals surface area contributed by atoms with E-state index in [1.807, 2.05) is 30.3 Å². The number of hydrogen-bond donors (Lipinski definition) is 1. The maximum atomic E-state index is 10.6. The Morgan fingerprint density at radius 3 is 2.83 bits per heavy atom. The zero-order valence-electron chi connectivity index (χ0n) is 13.8. The summed E-state index contributed by atoms with van der Waals surface area (Å²) in [6.45, 7) is 3.31. The van der Waals surface area contributed by atoms with Crippen molar-refractivity contribution in [3.8, 4) is 5.75 Å². The van der Waals surface area contributed by atoms with Gasteiger partial charge in [-0.25, -0.2) is 0 Å². The molecule has 2 fully saturated rings. The maximum Gasteiger partial charge on any atom is 0.129 e. The van der Waals surface area contributed by atoms with Crippen molar-refractivity contribution in [3.63, 3.8) is 0 Å². The summed E-state index contributed by atoms with van der Waals surface area (Å²) in [6.07, 6.45) is 4.13. The van der Waals surface area contributed by atoms with Gasteiger partial charge in [-0.15, -0.1) is 0 Å². The Hall–Kier alpha value is -1.69. The van der Waals surface area contributed by atoms with Crippen molar-refractivity contribution in [2.75, 3.05) is 26.3 Å². The first-order valence-electron chi connectivity index (χ1n) is 8.81. The van der Waals surface area contributed by atoms with Gasteiger partial charge < -0.3 is 14.6 Å². The van der Waals surface area contributed by atoms with Crippen LogP contribution in [0.25, 0.3) is 10.9 Å². The van der Waals surface area contributed by atoms with Crippen LogP contribution in [-0.2, 0) is 4.74 Å². The molecule has 5 heteroatoms. The molecule has 2 aliphatic rings. The van der Waals surface area contributed by atoms with Gasteiger partial charge in [0.15, 0.2) is 0 Å². The SMILES string of the molecule is O[C@@H]1CN(C2CCOCC2)CC[C@H]1Oc1cccc2ncccc12. The first kappa shape index (κ1) is 15.8. The number of pyridine rings is 1. The fourth-order valence-corrected chi connectivity index (χ4v) is 3.79. The number of piperidine rings is 1. The smallest absolute Gasteiger partial charge is 0.129 e. The van der Waals surface area contributed by atoms with Crippen LogP contribution in [0.15, 0.2) is 36.5 Å². The summed E-state index contributed by atoms with van der Waals surface area (Å²) in [5.74, 6) is 0.809. The molecule has 3 heterocycles. The standard InChI is InChI=1S/C19H24N2O3/c22-17-13-21(14-7-11-23-12-8-14)10-6-19(17)24-18-5-1-4-16-15(18)3-2-9-20-16/h1-5,9,14,17,19,22H,6-8,10-13H2/t17-,19-/m1/s1. The van der Waals surface area contributed by atoms with E-state index in [1.165, 1.54) is 0 Å². The Balaban J connectivity index is 1.44. The van der Waals surface area contributed by atoms with Crippen LogP contribution in [0, 0.1) is 0 Å². The fourth-order valence-electron chi connectivity index (χ4n) is 3.79. The zero-order valence-corrected chi connectivity index (χ0v) is 13.8. The van der Waals surface area contributed by atoms with Gasteiger partial charge in [0.1, 0.15) is 18.0 Å². The normalized spacial score (nSPS) is 26.5. The van der Waals surface area contributed by atoms with Gasteiger partial charge in [0.2, 0.25) is 0 Å². The molecule has 1 aromatic carbocycles. The van der Waals surface area contributed by atoms with E-state index >= 15 is 0 Å². The first-order chi connectivity index (χ1) is 11.8. The van der Waals surface area contributed by atoms with E-state index in [9.17, 15) is 5.11 Å². The number of benzene rings is 1. The molecule has 2 aliphatic heterocycles. The lowest BCUT2D eigenvalue weighted by Crippen LogP contribution is -2.53. The summed E-state index contributed by atoms with van der Waals surface area (Å²) in [6, 6.07) is 10.4. The van der Waals surface area contributed by atoms with E-state index in [2.05, 4.69) is 9.88 Å². The molecule has 4 rings (SSSR count). The van der Waals surface area contributed by atoms with Gasteiger partial charge >= 0.3 is 0 Å². The quantitative estimate of drug-likeness (QED) is 0.936. The number of aliphatic hydroxyl groups is 1. The summed E-state index contributed by atoms with van der Waals surface area (Å²) < 4.78 is 11.6. The van der Waals surface area contributed by atoms with Crippen LogP contribution in [-0.4, -0.2) is 59.5 Å². The Bertz CT molecular complexity index is 682. The van der Waals surface area contributed by atoms with Gasteiger partial charge in [0.25, 0.3) is 0 Å². The summed E-state index contributed by atoms with van der Waals surface area (Å²) in [5.41, 5.74) is 0.920. The lowest BCUT2D eigenvalue weighted by molar-refractivity contribution is -0.0536. The van der Waals surface area contributed by atoms with Crippen molar-refractivity contribution in [2.24, 2.45) is 0 Å². The molecule has 24 heavy (non-hydrogen) atoms. The Kier molecular flexibility index (Phi) is 4.65. The van der Waals surface area contributed by atoms with E-state index in [-0.39, 0.29) is 6.10 Å². The highest BCUT2D eigenvalue weighted by atomic mass is 16.5. The summed E-state index contributed by atoms with van der Waals surface area (Å²) in [7, 11) is 0. The monoisotopic (exact) mass is 328 g/mol. The third-order valence-corrected chi connectivity index (χ3v) is 5.14. The van der Waals surface area contributed by atoms with Crippen molar-refractivity contribution < 1.29 is 14.6 Å². The van der Waals surface area contributed by atoms with Crippen LogP contribution in [0.1, 0.15) is 19.3 Å². The minimum absolute atomic E-state index is 0.160. The minimum atomic E-state index is -0.464. The predicted molar refractivity (Wildman–Crippen MR) is 92.2 cm³/mol. The van der Waals surface area contributed by atoms with E-state index in [0.29, 0.717) is 12.6 Å². The number of rotatable bonds is 3. The van der Waals surface area contributed by atoms with Gasteiger partial charge in [-0.3, -0.25) is 9.88 Å². The summed E-state index contributed by atoms with van der Waals surface area (Å²) in [5, 5.41) is 11.6. The second-order valence-electron chi connectivity index (χ2n) is 6.68. The molecule has 0 aliphatic carbocycles. The number of likely N-dealkylation sites (tertiary alicyclic amines) is 1. The van der Waals surface area contributed by atoms with Crippen molar-refractivity contribution in [3.05, 3.63) is 36.5 Å². The van der Waals surface area contributed by atoms with Crippen LogP contribution >= 0.6 is 0 Å². The van der Waals surface area contributed by atoms with Crippen molar-refractivity contribution in [1.29, 1.82) is 0 Å². The van der Waals surface area contributed by atoms with Crippen LogP contribution in [0.5, 0.6) is 5.75 Å². The highest BCUT2D eigenvalue weighted by molar-refractivity contribution is 5.84. The van der Waals surface area contributed by atoms with Crippen LogP contribution < -0.4 is 4.74 Å². The zero-order chi connectivity index (χ0) is 16.4. The highest BCUT2D eigenvalue weighted by Crippen LogP contribution is 2.28. The molecule has 2 atom stereocenters. The predicted octanol–water partition coefficient (Wildman–Crippen LogP) is 2.23. The Morgan fingerprint density at radius 1 is 1.12 bits per heavy atom. The Labute approximate surface area is 142 Å². The fraction of sp³-hybridized carbons (Fsp3) is 0.526. The molecule has 0 unspecified atom stereocenters. The molecule has 2 saturated heterocycles. The van der Waals surface area contributed by atoms with E-state index in [1.54, 1.807) is 6.20 Å².